The molecule has 0 atom stereocenters. The van der Waals surface area contributed by atoms with E-state index in [9.17, 15) is 14.0 Å². The molecular formula is C20H18FN3O2. The molecule has 2 aliphatic heterocycles. The van der Waals surface area contributed by atoms with Crippen LogP contribution < -0.4 is 15.3 Å². The lowest BCUT2D eigenvalue weighted by atomic mass is 10.1. The van der Waals surface area contributed by atoms with Crippen molar-refractivity contribution in [2.24, 2.45) is 0 Å². The summed E-state index contributed by atoms with van der Waals surface area (Å²) in [5, 5.41) is 1.17. The van der Waals surface area contributed by atoms with Gasteiger partial charge in [-0.05, 0) is 49.2 Å². The largest absolute Gasteiger partial charge is 0.371 e. The molecule has 26 heavy (non-hydrogen) atoms. The van der Waals surface area contributed by atoms with E-state index in [1.54, 1.807) is 30.3 Å². The number of hydrazine groups is 1. The quantitative estimate of drug-likeness (QED) is 0.683. The van der Waals surface area contributed by atoms with Gasteiger partial charge in [0.25, 0.3) is 11.8 Å². The van der Waals surface area contributed by atoms with Gasteiger partial charge in [-0.3, -0.25) is 15.0 Å². The number of rotatable bonds is 3. The number of benzene rings is 2. The lowest BCUT2D eigenvalue weighted by Gasteiger charge is -2.17. The second-order valence-corrected chi connectivity index (χ2v) is 6.38. The van der Waals surface area contributed by atoms with Crippen molar-refractivity contribution in [3.63, 3.8) is 0 Å². The molecule has 6 heteroatoms. The molecule has 2 aromatic rings. The fraction of sp³-hybridized carbons (Fsp3) is 0.200. The lowest BCUT2D eigenvalue weighted by molar-refractivity contribution is -0.117. The Hall–Kier alpha value is -3.15. The lowest BCUT2D eigenvalue weighted by Crippen LogP contribution is -2.35. The van der Waals surface area contributed by atoms with Gasteiger partial charge in [0.15, 0.2) is 0 Å². The Morgan fingerprint density at radius 1 is 0.962 bits per heavy atom. The summed E-state index contributed by atoms with van der Waals surface area (Å²) in [6.45, 7) is 1.85. The minimum atomic E-state index is -0.540. The molecule has 5 nitrogen and oxygen atoms in total. The molecule has 4 rings (SSSR count). The zero-order valence-corrected chi connectivity index (χ0v) is 14.1. The van der Waals surface area contributed by atoms with Gasteiger partial charge in [-0.15, -0.1) is 0 Å². The van der Waals surface area contributed by atoms with Crippen molar-refractivity contribution in [2.75, 3.05) is 23.0 Å². The van der Waals surface area contributed by atoms with Gasteiger partial charge in [0.1, 0.15) is 11.4 Å². The summed E-state index contributed by atoms with van der Waals surface area (Å²) in [6.07, 6.45) is 3.53. The Bertz CT molecular complexity index is 889. The number of anilines is 2. The van der Waals surface area contributed by atoms with Gasteiger partial charge in [0.2, 0.25) is 0 Å². The van der Waals surface area contributed by atoms with E-state index in [2.05, 4.69) is 10.3 Å². The molecule has 2 amide bonds. The van der Waals surface area contributed by atoms with Crippen LogP contribution in [0, 0.1) is 5.82 Å². The molecular weight excluding hydrogens is 333 g/mol. The summed E-state index contributed by atoms with van der Waals surface area (Å²) in [6, 6.07) is 13.7. The Morgan fingerprint density at radius 3 is 2.38 bits per heavy atom. The molecule has 0 saturated carbocycles. The number of carbonyl (C=O) groups excluding carboxylic acids is 2. The number of para-hydroxylation sites is 1. The molecule has 1 N–H and O–H groups in total. The van der Waals surface area contributed by atoms with Crippen LogP contribution in [0.5, 0.6) is 0 Å². The van der Waals surface area contributed by atoms with Crippen LogP contribution in [0.3, 0.4) is 0 Å². The van der Waals surface area contributed by atoms with Crippen LogP contribution in [0.4, 0.5) is 15.8 Å². The fourth-order valence-electron chi connectivity index (χ4n) is 3.28. The zero-order valence-electron chi connectivity index (χ0n) is 14.1. The maximum Gasteiger partial charge on any atom is 0.282 e. The van der Waals surface area contributed by atoms with Crippen LogP contribution in [-0.2, 0) is 9.59 Å². The number of nitrogens with zero attached hydrogens (tertiary/aromatic N) is 2. The van der Waals surface area contributed by atoms with Gasteiger partial charge < -0.3 is 4.90 Å². The Balaban J connectivity index is 1.61. The van der Waals surface area contributed by atoms with E-state index >= 15 is 0 Å². The van der Waals surface area contributed by atoms with Crippen molar-refractivity contribution in [3.05, 3.63) is 65.5 Å². The molecule has 0 spiro atoms. The Morgan fingerprint density at radius 2 is 1.69 bits per heavy atom. The first-order valence-corrected chi connectivity index (χ1v) is 8.60. The first-order chi connectivity index (χ1) is 12.6. The topological polar surface area (TPSA) is 52.7 Å². The zero-order chi connectivity index (χ0) is 18.1. The molecule has 2 heterocycles. The van der Waals surface area contributed by atoms with Crippen LogP contribution in [0.2, 0.25) is 0 Å². The molecule has 2 fully saturated rings. The molecule has 2 aliphatic rings. The summed E-state index contributed by atoms with van der Waals surface area (Å²) in [5.41, 5.74) is 4.04. The highest BCUT2D eigenvalue weighted by molar-refractivity contribution is 6.31. The second-order valence-electron chi connectivity index (χ2n) is 6.38. The number of amides is 2. The van der Waals surface area contributed by atoms with E-state index in [0.29, 0.717) is 5.69 Å². The number of hydrogen-bond acceptors (Lipinski definition) is 3. The molecule has 0 unspecified atom stereocenters. The molecule has 0 bridgehead atoms. The maximum absolute atomic E-state index is 14.5. The van der Waals surface area contributed by atoms with Gasteiger partial charge in [-0.2, -0.15) is 0 Å². The highest BCUT2D eigenvalue weighted by Crippen LogP contribution is 2.26. The van der Waals surface area contributed by atoms with Crippen molar-refractivity contribution in [2.45, 2.75) is 12.8 Å². The SMILES string of the molecule is O=C1NN(c2ccccc2)C(=O)/C1=C\c1ccc(N2CCCC2)cc1F. The summed E-state index contributed by atoms with van der Waals surface area (Å²) in [4.78, 5) is 26.9. The smallest absolute Gasteiger partial charge is 0.282 e. The van der Waals surface area contributed by atoms with Gasteiger partial charge in [-0.1, -0.05) is 18.2 Å². The molecule has 0 aromatic heterocycles. The maximum atomic E-state index is 14.5. The Kier molecular flexibility index (Phi) is 4.16. The Labute approximate surface area is 150 Å². The van der Waals surface area contributed by atoms with Crippen molar-refractivity contribution in [1.29, 1.82) is 0 Å². The molecule has 2 aromatic carbocycles. The highest BCUT2D eigenvalue weighted by Gasteiger charge is 2.34. The van der Waals surface area contributed by atoms with Crippen molar-refractivity contribution < 1.29 is 14.0 Å². The van der Waals surface area contributed by atoms with E-state index in [1.807, 2.05) is 12.1 Å². The molecule has 2 saturated heterocycles. The van der Waals surface area contributed by atoms with Crippen LogP contribution in [0.25, 0.3) is 6.08 Å². The summed E-state index contributed by atoms with van der Waals surface area (Å²) >= 11 is 0. The fourth-order valence-corrected chi connectivity index (χ4v) is 3.28. The first kappa shape index (κ1) is 16.3. The van der Waals surface area contributed by atoms with Crippen LogP contribution in [-0.4, -0.2) is 24.9 Å². The average Bonchev–Trinajstić information content (AvgIpc) is 3.28. The third-order valence-corrected chi connectivity index (χ3v) is 4.66. The predicted molar refractivity (Wildman–Crippen MR) is 97.9 cm³/mol. The van der Waals surface area contributed by atoms with E-state index in [4.69, 9.17) is 0 Å². The number of carbonyl (C=O) groups is 2. The third-order valence-electron chi connectivity index (χ3n) is 4.66. The van der Waals surface area contributed by atoms with Crippen molar-refractivity contribution in [1.82, 2.24) is 5.43 Å². The van der Waals surface area contributed by atoms with E-state index in [1.165, 1.54) is 17.2 Å². The molecule has 0 radical (unpaired) electrons. The van der Waals surface area contributed by atoms with Crippen molar-refractivity contribution in [3.8, 4) is 0 Å². The molecule has 0 aliphatic carbocycles. The molecule has 132 valence electrons. The minimum absolute atomic E-state index is 0.0818. The van der Waals surface area contributed by atoms with Crippen LogP contribution in [0.15, 0.2) is 54.1 Å². The van der Waals surface area contributed by atoms with Gasteiger partial charge >= 0.3 is 0 Å². The monoisotopic (exact) mass is 351 g/mol. The third kappa shape index (κ3) is 2.94. The van der Waals surface area contributed by atoms with Crippen LogP contribution in [0.1, 0.15) is 18.4 Å². The highest BCUT2D eigenvalue weighted by atomic mass is 19.1. The van der Waals surface area contributed by atoms with E-state index < -0.39 is 17.6 Å². The van der Waals surface area contributed by atoms with E-state index in [-0.39, 0.29) is 11.1 Å². The number of hydrogen-bond donors (Lipinski definition) is 1. The minimum Gasteiger partial charge on any atom is -0.371 e. The standard InChI is InChI=1S/C20H18FN3O2/c21-18-13-16(23-10-4-5-11-23)9-8-14(18)12-17-19(25)22-24(20(17)26)15-6-2-1-3-7-15/h1-3,6-9,12-13H,4-5,10-11H2,(H,22,25)/b17-12-. The second kappa shape index (κ2) is 6.63. The number of halogens is 1. The average molecular weight is 351 g/mol. The van der Waals surface area contributed by atoms with Crippen LogP contribution >= 0.6 is 0 Å². The predicted octanol–water partition coefficient (Wildman–Crippen LogP) is 2.89. The van der Waals surface area contributed by atoms with Gasteiger partial charge in [0, 0.05) is 24.3 Å². The summed E-state index contributed by atoms with van der Waals surface area (Å²) in [5.74, 6) is -1.48. The number of nitrogens with one attached hydrogen (secondary N) is 1. The van der Waals surface area contributed by atoms with Crippen molar-refractivity contribution >= 4 is 29.3 Å². The van der Waals surface area contributed by atoms with E-state index in [0.717, 1.165) is 31.6 Å². The summed E-state index contributed by atoms with van der Waals surface area (Å²) in [7, 11) is 0. The normalized spacial score (nSPS) is 18.7. The first-order valence-electron chi connectivity index (χ1n) is 8.60. The summed E-state index contributed by atoms with van der Waals surface area (Å²) < 4.78 is 14.5. The van der Waals surface area contributed by atoms with Gasteiger partial charge in [-0.25, -0.2) is 9.40 Å². The van der Waals surface area contributed by atoms with Gasteiger partial charge in [0.05, 0.1) is 5.69 Å².